The van der Waals surface area contributed by atoms with E-state index in [4.69, 9.17) is 0 Å². The number of rotatable bonds is 7. The second-order valence-electron chi connectivity index (χ2n) is 3.50. The maximum absolute atomic E-state index is 10.4. The predicted octanol–water partition coefficient (Wildman–Crippen LogP) is 4.13. The molecular formula is C10H21OP. The quantitative estimate of drug-likeness (QED) is 0.549. The Hall–Kier alpha value is 0.100. The third kappa shape index (κ3) is 4.87. The van der Waals surface area contributed by atoms with Crippen LogP contribution in [-0.4, -0.2) is 6.16 Å². The minimum absolute atomic E-state index is 0.322. The second-order valence-corrected chi connectivity index (χ2v) is 4.13. The lowest BCUT2D eigenvalue weighted by Gasteiger charge is -2.17. The van der Waals surface area contributed by atoms with Gasteiger partial charge >= 0.3 is 0 Å². The van der Waals surface area contributed by atoms with Gasteiger partial charge in [0.15, 0.2) is 8.46 Å². The first-order valence-corrected chi connectivity index (χ1v) is 6.07. The fourth-order valence-corrected chi connectivity index (χ4v) is 2.19. The summed E-state index contributed by atoms with van der Waals surface area (Å²) in [6.07, 6.45) is 5.82. The highest BCUT2D eigenvalue weighted by Crippen LogP contribution is 2.23. The fraction of sp³-hybridized carbons (Fsp3) is 1.00. The molecule has 0 aromatic heterocycles. The van der Waals surface area contributed by atoms with Crippen LogP contribution in [0.5, 0.6) is 0 Å². The SMILES string of the molecule is CCC(CC)CC(CC)CP=O. The van der Waals surface area contributed by atoms with Crippen LogP contribution in [0.25, 0.3) is 0 Å². The molecule has 0 radical (unpaired) electrons. The highest BCUT2D eigenvalue weighted by atomic mass is 31.1. The van der Waals surface area contributed by atoms with Gasteiger partial charge in [-0.2, -0.15) is 0 Å². The van der Waals surface area contributed by atoms with Crippen molar-refractivity contribution >= 4 is 8.46 Å². The van der Waals surface area contributed by atoms with E-state index >= 15 is 0 Å². The van der Waals surface area contributed by atoms with Crippen molar-refractivity contribution in [2.24, 2.45) is 11.8 Å². The van der Waals surface area contributed by atoms with Gasteiger partial charge in [-0.05, 0) is 18.3 Å². The van der Waals surface area contributed by atoms with Gasteiger partial charge in [0.05, 0.1) is 0 Å². The molecule has 0 aliphatic rings. The Morgan fingerprint density at radius 3 is 1.83 bits per heavy atom. The van der Waals surface area contributed by atoms with Crippen molar-refractivity contribution in [3.8, 4) is 0 Å². The van der Waals surface area contributed by atoms with Crippen molar-refractivity contribution in [3.63, 3.8) is 0 Å². The van der Waals surface area contributed by atoms with Crippen LogP contribution >= 0.6 is 8.46 Å². The molecule has 0 heterocycles. The van der Waals surface area contributed by atoms with E-state index in [9.17, 15) is 4.57 Å². The van der Waals surface area contributed by atoms with Crippen molar-refractivity contribution < 1.29 is 4.57 Å². The van der Waals surface area contributed by atoms with Gasteiger partial charge in [-0.25, -0.2) is 0 Å². The van der Waals surface area contributed by atoms with Gasteiger partial charge in [0, 0.05) is 6.16 Å². The van der Waals surface area contributed by atoms with Gasteiger partial charge in [0.25, 0.3) is 0 Å². The Labute approximate surface area is 78.1 Å². The molecule has 0 spiro atoms. The summed E-state index contributed by atoms with van der Waals surface area (Å²) in [5.74, 6) is 1.52. The van der Waals surface area contributed by atoms with Crippen LogP contribution in [0.3, 0.4) is 0 Å². The highest BCUT2D eigenvalue weighted by Gasteiger charge is 2.11. The molecule has 0 fully saturated rings. The number of hydrogen-bond acceptors (Lipinski definition) is 1. The van der Waals surface area contributed by atoms with Gasteiger partial charge in [-0.1, -0.05) is 40.0 Å². The molecule has 0 N–H and O–H groups in total. The molecule has 12 heavy (non-hydrogen) atoms. The Kier molecular flexibility index (Phi) is 7.80. The van der Waals surface area contributed by atoms with Crippen LogP contribution in [0.15, 0.2) is 0 Å². The number of hydrogen-bond donors (Lipinski definition) is 0. The van der Waals surface area contributed by atoms with Crippen molar-refractivity contribution in [1.82, 2.24) is 0 Å². The Morgan fingerprint density at radius 2 is 1.50 bits per heavy atom. The summed E-state index contributed by atoms with van der Waals surface area (Å²) in [5.41, 5.74) is 0. The van der Waals surface area contributed by atoms with Crippen molar-refractivity contribution in [1.29, 1.82) is 0 Å². The minimum Gasteiger partial charge on any atom is -0.275 e. The molecule has 0 amide bonds. The molecule has 1 atom stereocenters. The van der Waals surface area contributed by atoms with E-state index < -0.39 is 0 Å². The van der Waals surface area contributed by atoms with E-state index in [-0.39, 0.29) is 0 Å². The summed E-state index contributed by atoms with van der Waals surface area (Å²) in [7, 11) is 0.322. The maximum Gasteiger partial charge on any atom is 0.155 e. The monoisotopic (exact) mass is 188 g/mol. The lowest BCUT2D eigenvalue weighted by atomic mass is 9.90. The maximum atomic E-state index is 10.4. The summed E-state index contributed by atoms with van der Waals surface area (Å²) < 4.78 is 10.4. The molecule has 0 aliphatic heterocycles. The summed E-state index contributed by atoms with van der Waals surface area (Å²) in [6.45, 7) is 6.68. The zero-order valence-electron chi connectivity index (χ0n) is 8.55. The third-order valence-electron chi connectivity index (χ3n) is 2.73. The molecule has 0 saturated heterocycles. The largest absolute Gasteiger partial charge is 0.275 e. The van der Waals surface area contributed by atoms with Gasteiger partial charge in [-0.15, -0.1) is 0 Å². The molecular weight excluding hydrogens is 167 g/mol. The van der Waals surface area contributed by atoms with E-state index in [0.29, 0.717) is 14.4 Å². The summed E-state index contributed by atoms with van der Waals surface area (Å²) in [5, 5.41) is 0. The van der Waals surface area contributed by atoms with Crippen LogP contribution in [0.1, 0.15) is 46.5 Å². The molecule has 0 aliphatic carbocycles. The standard InChI is InChI=1S/C10H21OP/c1-4-9(5-2)7-10(6-3)8-12-11/h9-10H,4-8H2,1-3H3. The smallest absolute Gasteiger partial charge is 0.155 e. The van der Waals surface area contributed by atoms with Crippen LogP contribution in [-0.2, 0) is 4.57 Å². The minimum atomic E-state index is 0.322. The first-order valence-electron chi connectivity index (χ1n) is 5.07. The van der Waals surface area contributed by atoms with Crippen molar-refractivity contribution in [3.05, 3.63) is 0 Å². The second kappa shape index (κ2) is 7.73. The van der Waals surface area contributed by atoms with Gasteiger partial charge in [0.2, 0.25) is 0 Å². The van der Waals surface area contributed by atoms with Gasteiger partial charge in [-0.3, -0.25) is 4.57 Å². The van der Waals surface area contributed by atoms with E-state index in [0.717, 1.165) is 12.1 Å². The molecule has 0 aromatic carbocycles. The predicted molar refractivity (Wildman–Crippen MR) is 54.9 cm³/mol. The average molecular weight is 188 g/mol. The van der Waals surface area contributed by atoms with Gasteiger partial charge < -0.3 is 0 Å². The van der Waals surface area contributed by atoms with E-state index in [2.05, 4.69) is 20.8 Å². The average Bonchev–Trinajstić information content (AvgIpc) is 2.12. The summed E-state index contributed by atoms with van der Waals surface area (Å²) in [6, 6.07) is 0. The van der Waals surface area contributed by atoms with Crippen LogP contribution < -0.4 is 0 Å². The highest BCUT2D eigenvalue weighted by molar-refractivity contribution is 7.23. The molecule has 72 valence electrons. The molecule has 0 aromatic rings. The molecule has 2 heteroatoms. The zero-order chi connectivity index (χ0) is 9.40. The first kappa shape index (κ1) is 12.1. The molecule has 1 unspecified atom stereocenters. The lowest BCUT2D eigenvalue weighted by molar-refractivity contribution is 0.366. The normalized spacial score (nSPS) is 14.0. The Balaban J connectivity index is 3.73. The summed E-state index contributed by atoms with van der Waals surface area (Å²) >= 11 is 0. The topological polar surface area (TPSA) is 17.1 Å². The fourth-order valence-electron chi connectivity index (χ4n) is 1.57. The van der Waals surface area contributed by atoms with Gasteiger partial charge in [0.1, 0.15) is 0 Å². The summed E-state index contributed by atoms with van der Waals surface area (Å²) in [4.78, 5) is 0. The van der Waals surface area contributed by atoms with Crippen molar-refractivity contribution in [2.45, 2.75) is 46.5 Å². The molecule has 0 saturated carbocycles. The van der Waals surface area contributed by atoms with Crippen LogP contribution in [0.4, 0.5) is 0 Å². The molecule has 1 nitrogen and oxygen atoms in total. The van der Waals surface area contributed by atoms with Crippen LogP contribution in [0, 0.1) is 11.8 Å². The Morgan fingerprint density at radius 1 is 1.00 bits per heavy atom. The van der Waals surface area contributed by atoms with E-state index in [1.54, 1.807) is 0 Å². The Bertz CT molecular complexity index is 110. The van der Waals surface area contributed by atoms with Crippen LogP contribution in [0.2, 0.25) is 0 Å². The zero-order valence-corrected chi connectivity index (χ0v) is 9.44. The van der Waals surface area contributed by atoms with Crippen molar-refractivity contribution in [2.75, 3.05) is 6.16 Å². The first-order chi connectivity index (χ1) is 5.78. The molecule has 0 rings (SSSR count). The van der Waals surface area contributed by atoms with E-state index in [1.807, 2.05) is 0 Å². The lowest BCUT2D eigenvalue weighted by Crippen LogP contribution is -2.08. The molecule has 0 bridgehead atoms. The third-order valence-corrected chi connectivity index (χ3v) is 3.40. The van der Waals surface area contributed by atoms with E-state index in [1.165, 1.54) is 25.7 Å².